The number of anilines is 1. The van der Waals surface area contributed by atoms with Crippen molar-refractivity contribution in [2.45, 2.75) is 38.0 Å². The van der Waals surface area contributed by atoms with Crippen LogP contribution in [-0.4, -0.2) is 67.5 Å². The maximum Gasteiger partial charge on any atom is 0.255 e. The first-order valence-electron chi connectivity index (χ1n) is 17.3. The van der Waals surface area contributed by atoms with Gasteiger partial charge in [0.05, 0.1) is 67.1 Å². The van der Waals surface area contributed by atoms with E-state index in [9.17, 15) is 4.79 Å². The van der Waals surface area contributed by atoms with E-state index in [-0.39, 0.29) is 18.2 Å². The summed E-state index contributed by atoms with van der Waals surface area (Å²) in [6.45, 7) is 0.964. The molecular weight excluding hydrogens is 682 g/mol. The van der Waals surface area contributed by atoms with Crippen LogP contribution in [0.4, 0.5) is 5.69 Å². The molecule has 6 rings (SSSR count). The molecule has 53 heavy (non-hydrogen) atoms. The molecule has 2 atom stereocenters. The molecule has 2 aliphatic heterocycles. The maximum absolute atomic E-state index is 12.6. The van der Waals surface area contributed by atoms with Crippen molar-refractivity contribution in [1.29, 1.82) is 0 Å². The Bertz CT molecular complexity index is 1900. The number of amides is 1. The standard InChI is InChI=1S/C40H45N3O10/c1-45-32-18-24(39-41-28-13-9-8-12-27(28)40(44)42-39)14-15-30(32)51-16-10-7-11-17-52-38-35(48-4)21-26(22-36(38)49-5)31-23-29(43-53-31)25-19-33(46-2)37(50-6)34(20-25)47-3/h8-9,12-15,18-22,31,39,41H,7,10-11,16-17,23H2,1-6H3,(H,42,44). The zero-order valence-corrected chi connectivity index (χ0v) is 30.8. The Morgan fingerprint density at radius 3 is 1.92 bits per heavy atom. The number of methoxy groups -OCH3 is 6. The van der Waals surface area contributed by atoms with Crippen LogP contribution in [0.15, 0.2) is 71.9 Å². The van der Waals surface area contributed by atoms with E-state index in [1.54, 1.807) is 48.7 Å². The van der Waals surface area contributed by atoms with Crippen LogP contribution in [0, 0.1) is 0 Å². The topological polar surface area (TPSA) is 137 Å². The summed E-state index contributed by atoms with van der Waals surface area (Å²) in [6.07, 6.45) is 2.24. The normalized spacial score (nSPS) is 15.9. The summed E-state index contributed by atoms with van der Waals surface area (Å²) in [4.78, 5) is 18.5. The van der Waals surface area contributed by atoms with Crippen molar-refractivity contribution in [2.24, 2.45) is 5.16 Å². The first-order chi connectivity index (χ1) is 25.9. The number of hydrogen-bond donors (Lipinski definition) is 2. The van der Waals surface area contributed by atoms with Gasteiger partial charge in [-0.15, -0.1) is 0 Å². The molecule has 0 radical (unpaired) electrons. The van der Waals surface area contributed by atoms with Gasteiger partial charge < -0.3 is 53.4 Å². The van der Waals surface area contributed by atoms with E-state index < -0.39 is 0 Å². The van der Waals surface area contributed by atoms with Crippen LogP contribution in [0.1, 0.15) is 65.0 Å². The Balaban J connectivity index is 0.995. The lowest BCUT2D eigenvalue weighted by Gasteiger charge is -2.28. The first kappa shape index (κ1) is 36.8. The van der Waals surface area contributed by atoms with E-state index in [1.807, 2.05) is 60.7 Å². The molecule has 4 aromatic carbocycles. The number of para-hydroxylation sites is 1. The number of carbonyl (C=O) groups excluding carboxylic acids is 1. The second kappa shape index (κ2) is 17.0. The summed E-state index contributed by atoms with van der Waals surface area (Å²) in [5.41, 5.74) is 4.65. The number of benzene rings is 4. The molecule has 0 bridgehead atoms. The average Bonchev–Trinajstić information content (AvgIpc) is 3.70. The van der Waals surface area contributed by atoms with Crippen molar-refractivity contribution < 1.29 is 47.5 Å². The Morgan fingerprint density at radius 2 is 1.26 bits per heavy atom. The number of nitrogens with one attached hydrogen (secondary N) is 2. The van der Waals surface area contributed by atoms with E-state index in [0.717, 1.165) is 47.4 Å². The number of unbranched alkanes of at least 4 members (excludes halogenated alkanes) is 2. The molecule has 0 fully saturated rings. The van der Waals surface area contributed by atoms with Gasteiger partial charge in [-0.3, -0.25) is 4.79 Å². The van der Waals surface area contributed by atoms with Crippen molar-refractivity contribution in [1.82, 2.24) is 5.32 Å². The van der Waals surface area contributed by atoms with Crippen molar-refractivity contribution in [3.63, 3.8) is 0 Å². The molecule has 4 aromatic rings. The molecule has 0 spiro atoms. The highest BCUT2D eigenvalue weighted by molar-refractivity contribution is 6.02. The van der Waals surface area contributed by atoms with Crippen molar-refractivity contribution in [2.75, 3.05) is 61.2 Å². The second-order valence-electron chi connectivity index (χ2n) is 12.3. The number of hydrogen-bond acceptors (Lipinski definition) is 12. The average molecular weight is 728 g/mol. The lowest BCUT2D eigenvalue weighted by Crippen LogP contribution is -2.38. The summed E-state index contributed by atoms with van der Waals surface area (Å²) >= 11 is 0. The van der Waals surface area contributed by atoms with Gasteiger partial charge in [-0.25, -0.2) is 0 Å². The fraction of sp³-hybridized carbons (Fsp3) is 0.350. The van der Waals surface area contributed by atoms with Gasteiger partial charge in [0.15, 0.2) is 40.6 Å². The van der Waals surface area contributed by atoms with E-state index in [1.165, 1.54) is 0 Å². The molecular formula is C40H45N3O10. The number of fused-ring (bicyclic) bond motifs is 1. The molecule has 2 heterocycles. The molecule has 0 aliphatic carbocycles. The maximum atomic E-state index is 12.6. The Kier molecular flexibility index (Phi) is 11.8. The Labute approximate surface area is 309 Å². The van der Waals surface area contributed by atoms with Crippen molar-refractivity contribution in [3.05, 3.63) is 89.0 Å². The summed E-state index contributed by atoms with van der Waals surface area (Å²) in [5, 5.41) is 10.7. The third-order valence-corrected chi connectivity index (χ3v) is 9.08. The first-order valence-corrected chi connectivity index (χ1v) is 17.3. The smallest absolute Gasteiger partial charge is 0.255 e. The minimum atomic E-state index is -0.382. The molecule has 1 amide bonds. The fourth-order valence-corrected chi connectivity index (χ4v) is 6.30. The number of ether oxygens (including phenoxy) is 8. The summed E-state index contributed by atoms with van der Waals surface area (Å²) < 4.78 is 45.8. The highest BCUT2D eigenvalue weighted by Crippen LogP contribution is 2.44. The summed E-state index contributed by atoms with van der Waals surface area (Å²) in [7, 11) is 9.51. The lowest BCUT2D eigenvalue weighted by atomic mass is 9.99. The van der Waals surface area contributed by atoms with E-state index in [2.05, 4.69) is 15.8 Å². The van der Waals surface area contributed by atoms with Crippen LogP contribution in [0.2, 0.25) is 0 Å². The number of carbonyl (C=O) groups is 1. The Hall–Kier alpha value is -5.98. The third-order valence-electron chi connectivity index (χ3n) is 9.08. The fourth-order valence-electron chi connectivity index (χ4n) is 6.30. The van der Waals surface area contributed by atoms with Gasteiger partial charge in [-0.1, -0.05) is 23.4 Å². The minimum absolute atomic E-state index is 0.126. The number of oxime groups is 1. The largest absolute Gasteiger partial charge is 0.493 e. The van der Waals surface area contributed by atoms with Gasteiger partial charge >= 0.3 is 0 Å². The quantitative estimate of drug-likeness (QED) is 0.108. The zero-order chi connectivity index (χ0) is 37.3. The van der Waals surface area contributed by atoms with E-state index in [4.69, 9.17) is 42.7 Å². The van der Waals surface area contributed by atoms with Crippen LogP contribution < -0.4 is 48.5 Å². The van der Waals surface area contributed by atoms with E-state index >= 15 is 0 Å². The van der Waals surface area contributed by atoms with Crippen LogP contribution in [0.3, 0.4) is 0 Å². The van der Waals surface area contributed by atoms with Gasteiger partial charge in [0.1, 0.15) is 6.17 Å². The minimum Gasteiger partial charge on any atom is -0.493 e. The predicted octanol–water partition coefficient (Wildman–Crippen LogP) is 7.09. The molecule has 2 unspecified atom stereocenters. The SMILES string of the molecule is COc1cc(C2NC(=O)c3ccccc3N2)ccc1OCCCCCOc1c(OC)cc(C2CC(c3cc(OC)c(OC)c(OC)c3)=NO2)cc1OC. The van der Waals surface area contributed by atoms with Crippen LogP contribution in [0.5, 0.6) is 46.0 Å². The van der Waals surface area contributed by atoms with Gasteiger partial charge in [-0.05, 0) is 73.4 Å². The molecule has 0 saturated heterocycles. The third kappa shape index (κ3) is 8.09. The van der Waals surface area contributed by atoms with Gasteiger partial charge in [0, 0.05) is 23.2 Å². The second-order valence-corrected chi connectivity index (χ2v) is 12.3. The van der Waals surface area contributed by atoms with E-state index in [0.29, 0.717) is 71.2 Å². The molecule has 2 N–H and O–H groups in total. The lowest BCUT2D eigenvalue weighted by molar-refractivity contribution is 0.0852. The van der Waals surface area contributed by atoms with Crippen LogP contribution in [0.25, 0.3) is 0 Å². The molecule has 0 saturated carbocycles. The van der Waals surface area contributed by atoms with Crippen molar-refractivity contribution in [3.8, 4) is 46.0 Å². The number of rotatable bonds is 17. The predicted molar refractivity (Wildman–Crippen MR) is 199 cm³/mol. The highest BCUT2D eigenvalue weighted by atomic mass is 16.6. The molecule has 280 valence electrons. The van der Waals surface area contributed by atoms with Gasteiger partial charge in [0.2, 0.25) is 11.5 Å². The summed E-state index contributed by atoms with van der Waals surface area (Å²) in [6, 6.07) is 20.6. The molecule has 13 nitrogen and oxygen atoms in total. The molecule has 0 aromatic heterocycles. The molecule has 13 heteroatoms. The highest BCUT2D eigenvalue weighted by Gasteiger charge is 2.29. The van der Waals surface area contributed by atoms with Crippen LogP contribution >= 0.6 is 0 Å². The Morgan fingerprint density at radius 1 is 0.642 bits per heavy atom. The van der Waals surface area contributed by atoms with Gasteiger partial charge in [-0.2, -0.15) is 0 Å². The zero-order valence-electron chi connectivity index (χ0n) is 30.8. The molecule has 2 aliphatic rings. The van der Waals surface area contributed by atoms with Gasteiger partial charge in [0.25, 0.3) is 5.91 Å². The van der Waals surface area contributed by atoms with Crippen molar-refractivity contribution >= 4 is 17.3 Å². The van der Waals surface area contributed by atoms with Crippen LogP contribution in [-0.2, 0) is 4.84 Å². The number of nitrogens with zero attached hydrogens (tertiary/aromatic N) is 1. The monoisotopic (exact) mass is 727 g/mol. The summed E-state index contributed by atoms with van der Waals surface area (Å²) in [5.74, 6) is 4.28.